The quantitative estimate of drug-likeness (QED) is 0.807. The summed E-state index contributed by atoms with van der Waals surface area (Å²) in [4.78, 5) is 12.3. The third-order valence-electron chi connectivity index (χ3n) is 3.55. The Morgan fingerprint density at radius 3 is 2.43 bits per heavy atom. The molecule has 0 saturated heterocycles. The molecule has 0 heterocycles. The molecule has 2 aromatic carbocycles. The number of nitrogens with one attached hydrogen (secondary N) is 1. The smallest absolute Gasteiger partial charge is 0.282 e. The fourth-order valence-electron chi connectivity index (χ4n) is 2.26. The highest BCUT2D eigenvalue weighted by molar-refractivity contribution is 6.35. The number of rotatable bonds is 5. The molecule has 0 fully saturated rings. The van der Waals surface area contributed by atoms with E-state index in [2.05, 4.69) is 5.32 Å². The van der Waals surface area contributed by atoms with Gasteiger partial charge in [-0.15, -0.1) is 0 Å². The van der Waals surface area contributed by atoms with Crippen molar-refractivity contribution in [2.24, 2.45) is 0 Å². The Balaban J connectivity index is 2.01. The van der Waals surface area contributed by atoms with Gasteiger partial charge in [0.2, 0.25) is 0 Å². The Morgan fingerprint density at radius 2 is 1.74 bits per heavy atom. The zero-order valence-electron chi connectivity index (χ0n) is 12.8. The standard InChI is InChI=1S/C17H17Cl3N2O/c1-10(12-4-3-5-13(18)8-12)21-11(2)17(23)22-16-9-14(19)6-7-15(16)20/h3-11,21H,1-2H3,(H,22,23)/p+1/t10-,11+/m1/s1. The van der Waals surface area contributed by atoms with Gasteiger partial charge in [0.05, 0.1) is 10.7 Å². The van der Waals surface area contributed by atoms with Crippen LogP contribution in [0.5, 0.6) is 0 Å². The molecule has 0 aliphatic heterocycles. The molecule has 0 aliphatic carbocycles. The van der Waals surface area contributed by atoms with Crippen molar-refractivity contribution in [2.45, 2.75) is 25.9 Å². The zero-order chi connectivity index (χ0) is 17.0. The number of hydrogen-bond donors (Lipinski definition) is 2. The maximum absolute atomic E-state index is 12.3. The Labute approximate surface area is 150 Å². The number of carbonyl (C=O) groups is 1. The number of amides is 1. The molecular weight excluding hydrogens is 355 g/mol. The summed E-state index contributed by atoms with van der Waals surface area (Å²) < 4.78 is 0. The average Bonchev–Trinajstić information content (AvgIpc) is 2.50. The van der Waals surface area contributed by atoms with Gasteiger partial charge in [-0.3, -0.25) is 4.79 Å². The van der Waals surface area contributed by atoms with Crippen LogP contribution in [0.25, 0.3) is 0 Å². The molecule has 23 heavy (non-hydrogen) atoms. The van der Waals surface area contributed by atoms with Crippen LogP contribution in [0.3, 0.4) is 0 Å². The monoisotopic (exact) mass is 371 g/mol. The number of benzene rings is 2. The van der Waals surface area contributed by atoms with Gasteiger partial charge in [-0.25, -0.2) is 0 Å². The van der Waals surface area contributed by atoms with Crippen LogP contribution in [0.4, 0.5) is 5.69 Å². The third-order valence-corrected chi connectivity index (χ3v) is 4.35. The highest BCUT2D eigenvalue weighted by atomic mass is 35.5. The lowest BCUT2D eigenvalue weighted by Crippen LogP contribution is -2.91. The van der Waals surface area contributed by atoms with E-state index in [1.165, 1.54) is 0 Å². The molecule has 0 bridgehead atoms. The van der Waals surface area contributed by atoms with Crippen molar-refractivity contribution in [3.05, 3.63) is 63.1 Å². The van der Waals surface area contributed by atoms with Crippen LogP contribution in [0, 0.1) is 0 Å². The second-order valence-electron chi connectivity index (χ2n) is 5.44. The van der Waals surface area contributed by atoms with E-state index >= 15 is 0 Å². The van der Waals surface area contributed by atoms with Crippen molar-refractivity contribution in [3.63, 3.8) is 0 Å². The van der Waals surface area contributed by atoms with Gasteiger partial charge in [-0.2, -0.15) is 0 Å². The molecule has 0 spiro atoms. The summed E-state index contributed by atoms with van der Waals surface area (Å²) in [6, 6.07) is 12.4. The van der Waals surface area contributed by atoms with E-state index in [-0.39, 0.29) is 18.0 Å². The number of quaternary nitrogens is 1. The lowest BCUT2D eigenvalue weighted by molar-refractivity contribution is -0.709. The minimum atomic E-state index is -0.293. The molecule has 0 aromatic heterocycles. The Hall–Kier alpha value is -1.26. The number of nitrogens with two attached hydrogens (primary N) is 1. The molecule has 1 amide bonds. The van der Waals surface area contributed by atoms with Gasteiger partial charge in [0.15, 0.2) is 6.04 Å². The van der Waals surface area contributed by atoms with E-state index in [9.17, 15) is 4.79 Å². The highest BCUT2D eigenvalue weighted by Crippen LogP contribution is 2.25. The van der Waals surface area contributed by atoms with Crippen LogP contribution >= 0.6 is 34.8 Å². The first kappa shape index (κ1) is 18.1. The Kier molecular flexibility index (Phi) is 6.31. The van der Waals surface area contributed by atoms with E-state index in [0.717, 1.165) is 5.56 Å². The first-order valence-corrected chi connectivity index (χ1v) is 8.36. The number of halogens is 3. The van der Waals surface area contributed by atoms with Crippen LogP contribution in [0.2, 0.25) is 15.1 Å². The Morgan fingerprint density at radius 1 is 1.04 bits per heavy atom. The van der Waals surface area contributed by atoms with Gasteiger partial charge in [-0.1, -0.05) is 46.9 Å². The number of anilines is 1. The van der Waals surface area contributed by atoms with Crippen molar-refractivity contribution < 1.29 is 10.1 Å². The molecule has 2 rings (SSSR count). The SMILES string of the molecule is C[C@H]([NH2+][C@H](C)c1cccc(Cl)c1)C(=O)Nc1cc(Cl)ccc1Cl. The van der Waals surface area contributed by atoms with E-state index in [0.29, 0.717) is 20.8 Å². The maximum Gasteiger partial charge on any atom is 0.282 e. The number of hydrogen-bond acceptors (Lipinski definition) is 1. The lowest BCUT2D eigenvalue weighted by atomic mass is 10.1. The van der Waals surface area contributed by atoms with Crippen LogP contribution in [0.1, 0.15) is 25.5 Å². The van der Waals surface area contributed by atoms with Gasteiger partial charge in [0.25, 0.3) is 5.91 Å². The summed E-state index contributed by atoms with van der Waals surface area (Å²) in [5, 5.41) is 6.44. The van der Waals surface area contributed by atoms with Crippen molar-refractivity contribution in [1.29, 1.82) is 0 Å². The summed E-state index contributed by atoms with van der Waals surface area (Å²) in [7, 11) is 0. The minimum Gasteiger partial charge on any atom is -0.330 e. The van der Waals surface area contributed by atoms with E-state index < -0.39 is 0 Å². The molecule has 3 N–H and O–H groups in total. The summed E-state index contributed by atoms with van der Waals surface area (Å²) in [5.74, 6) is -0.136. The molecule has 0 unspecified atom stereocenters. The molecular formula is C17H18Cl3N2O+. The van der Waals surface area contributed by atoms with Crippen LogP contribution < -0.4 is 10.6 Å². The molecule has 0 aliphatic rings. The topological polar surface area (TPSA) is 45.7 Å². The van der Waals surface area contributed by atoms with E-state index in [1.807, 2.05) is 43.4 Å². The third kappa shape index (κ3) is 5.11. The van der Waals surface area contributed by atoms with Crippen molar-refractivity contribution in [2.75, 3.05) is 5.32 Å². The molecule has 0 radical (unpaired) electrons. The van der Waals surface area contributed by atoms with Crippen LogP contribution in [-0.4, -0.2) is 11.9 Å². The van der Waals surface area contributed by atoms with E-state index in [4.69, 9.17) is 34.8 Å². The first-order chi connectivity index (χ1) is 10.9. The van der Waals surface area contributed by atoms with Crippen molar-refractivity contribution >= 4 is 46.4 Å². The highest BCUT2D eigenvalue weighted by Gasteiger charge is 2.21. The van der Waals surface area contributed by atoms with Gasteiger partial charge in [0, 0.05) is 15.6 Å². The fraction of sp³-hybridized carbons (Fsp3) is 0.235. The normalized spacial score (nSPS) is 13.4. The molecule has 2 atom stereocenters. The summed E-state index contributed by atoms with van der Waals surface area (Å²) >= 11 is 18.0. The molecule has 122 valence electrons. The summed E-state index contributed by atoms with van der Waals surface area (Å²) in [6.07, 6.45) is 0. The zero-order valence-corrected chi connectivity index (χ0v) is 15.1. The van der Waals surface area contributed by atoms with Crippen LogP contribution in [-0.2, 0) is 4.79 Å². The summed E-state index contributed by atoms with van der Waals surface area (Å²) in [5.41, 5.74) is 1.58. The van der Waals surface area contributed by atoms with Gasteiger partial charge in [0.1, 0.15) is 6.04 Å². The molecule has 0 saturated carbocycles. The van der Waals surface area contributed by atoms with Gasteiger partial charge >= 0.3 is 0 Å². The second-order valence-corrected chi connectivity index (χ2v) is 6.72. The van der Waals surface area contributed by atoms with E-state index in [1.54, 1.807) is 18.2 Å². The predicted octanol–water partition coefficient (Wildman–Crippen LogP) is 4.30. The van der Waals surface area contributed by atoms with Crippen molar-refractivity contribution in [1.82, 2.24) is 0 Å². The summed E-state index contributed by atoms with van der Waals surface area (Å²) in [6.45, 7) is 3.87. The average molecular weight is 373 g/mol. The van der Waals surface area contributed by atoms with Gasteiger partial charge in [-0.05, 0) is 44.2 Å². The van der Waals surface area contributed by atoms with Crippen LogP contribution in [0.15, 0.2) is 42.5 Å². The molecule has 3 nitrogen and oxygen atoms in total. The minimum absolute atomic E-state index is 0.101. The second kappa shape index (κ2) is 8.02. The molecule has 6 heteroatoms. The predicted molar refractivity (Wildman–Crippen MR) is 96.3 cm³/mol. The number of carbonyl (C=O) groups excluding carboxylic acids is 1. The lowest BCUT2D eigenvalue weighted by Gasteiger charge is -2.17. The largest absolute Gasteiger partial charge is 0.330 e. The maximum atomic E-state index is 12.3. The fourth-order valence-corrected chi connectivity index (χ4v) is 2.80. The Bertz CT molecular complexity index is 706. The molecule has 2 aromatic rings. The van der Waals surface area contributed by atoms with Gasteiger partial charge < -0.3 is 10.6 Å². The van der Waals surface area contributed by atoms with Crippen molar-refractivity contribution in [3.8, 4) is 0 Å². The first-order valence-electron chi connectivity index (χ1n) is 7.23.